The van der Waals surface area contributed by atoms with Crippen LogP contribution in [0.15, 0.2) is 60.8 Å². The number of ether oxygens (including phenoxy) is 1. The van der Waals surface area contributed by atoms with Crippen LogP contribution in [0.2, 0.25) is 10.0 Å². The molecule has 0 bridgehead atoms. The first-order valence-corrected chi connectivity index (χ1v) is 9.44. The van der Waals surface area contributed by atoms with Gasteiger partial charge in [0.2, 0.25) is 0 Å². The number of aromatic nitrogens is 1. The second-order valence-electron chi connectivity index (χ2n) is 6.12. The molecule has 0 radical (unpaired) electrons. The van der Waals surface area contributed by atoms with Crippen molar-refractivity contribution in [3.05, 3.63) is 87.7 Å². The van der Waals surface area contributed by atoms with E-state index >= 15 is 0 Å². The third-order valence-corrected chi connectivity index (χ3v) is 4.54. The Morgan fingerprint density at radius 2 is 1.83 bits per heavy atom. The van der Waals surface area contributed by atoms with E-state index in [0.29, 0.717) is 40.1 Å². The second-order valence-corrected chi connectivity index (χ2v) is 6.96. The average molecular weight is 430 g/mol. The van der Waals surface area contributed by atoms with Crippen LogP contribution in [0, 0.1) is 0 Å². The van der Waals surface area contributed by atoms with E-state index in [0.717, 1.165) is 5.56 Å². The van der Waals surface area contributed by atoms with Crippen LogP contribution in [0.4, 0.5) is 0 Å². The van der Waals surface area contributed by atoms with E-state index in [1.54, 1.807) is 24.3 Å². The molecule has 1 heterocycles. The zero-order valence-electron chi connectivity index (χ0n) is 15.2. The molecule has 0 spiro atoms. The van der Waals surface area contributed by atoms with Gasteiger partial charge in [-0.05, 0) is 48.4 Å². The number of halogens is 2. The lowest BCUT2D eigenvalue weighted by Crippen LogP contribution is -2.25. The molecule has 29 heavy (non-hydrogen) atoms. The minimum absolute atomic E-state index is 0.127. The van der Waals surface area contributed by atoms with Crippen LogP contribution in [-0.4, -0.2) is 23.3 Å². The zero-order valence-corrected chi connectivity index (χ0v) is 16.7. The molecule has 0 aliphatic heterocycles. The zero-order chi connectivity index (χ0) is 20.8. The molecular formula is C21H17Cl2N3O3. The van der Waals surface area contributed by atoms with Crippen molar-refractivity contribution in [2.24, 2.45) is 5.73 Å². The number of nitrogens with one attached hydrogen (secondary N) is 1. The van der Waals surface area contributed by atoms with Crippen molar-refractivity contribution < 1.29 is 14.3 Å². The summed E-state index contributed by atoms with van der Waals surface area (Å²) in [5.41, 5.74) is 6.70. The summed E-state index contributed by atoms with van der Waals surface area (Å²) in [4.78, 5) is 27.4. The van der Waals surface area contributed by atoms with Crippen LogP contribution in [-0.2, 0) is 6.42 Å². The van der Waals surface area contributed by atoms with Gasteiger partial charge in [-0.25, -0.2) is 0 Å². The first-order valence-electron chi connectivity index (χ1n) is 8.68. The Balaban J connectivity index is 1.59. The smallest absolute Gasteiger partial charge is 0.267 e. The number of hydrogen-bond donors (Lipinski definition) is 2. The number of hydrogen-bond acceptors (Lipinski definition) is 4. The summed E-state index contributed by atoms with van der Waals surface area (Å²) in [5.74, 6) is 0.156. The Hall–Kier alpha value is -3.09. The molecule has 1 aromatic heterocycles. The molecule has 0 unspecified atom stereocenters. The van der Waals surface area contributed by atoms with Crippen LogP contribution in [0.25, 0.3) is 0 Å². The highest BCUT2D eigenvalue weighted by molar-refractivity contribution is 6.36. The standard InChI is InChI=1S/C21H17Cl2N3O3/c22-14-4-5-17(18(23)11-14)21(28)26-8-6-13-2-1-3-15(10-13)29-16-7-9-25-19(12-16)20(24)27/h1-5,7,9-12H,6,8H2,(H2,24,27)(H,26,28). The van der Waals surface area contributed by atoms with E-state index in [1.165, 1.54) is 18.3 Å². The fraction of sp³-hybridized carbons (Fsp3) is 0.0952. The maximum atomic E-state index is 12.3. The summed E-state index contributed by atoms with van der Waals surface area (Å²) in [5, 5.41) is 3.61. The first kappa shape index (κ1) is 20.6. The maximum absolute atomic E-state index is 12.3. The summed E-state index contributed by atoms with van der Waals surface area (Å²) in [6.45, 7) is 0.419. The Kier molecular flexibility index (Phi) is 6.69. The van der Waals surface area contributed by atoms with Gasteiger partial charge < -0.3 is 15.8 Å². The molecule has 0 saturated carbocycles. The molecule has 3 rings (SSSR count). The highest BCUT2D eigenvalue weighted by Crippen LogP contribution is 2.23. The van der Waals surface area contributed by atoms with Crippen molar-refractivity contribution in [1.29, 1.82) is 0 Å². The fourth-order valence-corrected chi connectivity index (χ4v) is 3.09. The number of pyridine rings is 1. The third-order valence-electron chi connectivity index (χ3n) is 3.99. The number of nitrogens with two attached hydrogens (primary N) is 1. The van der Waals surface area contributed by atoms with E-state index in [-0.39, 0.29) is 11.6 Å². The van der Waals surface area contributed by atoms with Crippen molar-refractivity contribution in [2.75, 3.05) is 6.54 Å². The van der Waals surface area contributed by atoms with Crippen LogP contribution in [0.3, 0.4) is 0 Å². The van der Waals surface area contributed by atoms with Gasteiger partial charge in [0.25, 0.3) is 11.8 Å². The normalized spacial score (nSPS) is 10.4. The van der Waals surface area contributed by atoms with E-state index in [9.17, 15) is 9.59 Å². The Morgan fingerprint density at radius 3 is 2.59 bits per heavy atom. The molecule has 0 atom stereocenters. The minimum atomic E-state index is -0.624. The average Bonchev–Trinajstić information content (AvgIpc) is 2.68. The van der Waals surface area contributed by atoms with Gasteiger partial charge in [-0.15, -0.1) is 0 Å². The molecule has 148 valence electrons. The molecule has 2 aromatic carbocycles. The predicted octanol–water partition coefficient (Wildman–Crippen LogP) is 4.25. The summed E-state index contributed by atoms with van der Waals surface area (Å²) >= 11 is 11.9. The largest absolute Gasteiger partial charge is 0.457 e. The molecule has 0 aliphatic carbocycles. The number of carbonyl (C=O) groups excluding carboxylic acids is 2. The second kappa shape index (κ2) is 9.41. The molecule has 6 nitrogen and oxygen atoms in total. The monoisotopic (exact) mass is 429 g/mol. The molecule has 2 amide bonds. The van der Waals surface area contributed by atoms with Gasteiger partial charge in [-0.3, -0.25) is 14.6 Å². The van der Waals surface area contributed by atoms with Gasteiger partial charge >= 0.3 is 0 Å². The van der Waals surface area contributed by atoms with Crippen LogP contribution in [0.1, 0.15) is 26.4 Å². The van der Waals surface area contributed by atoms with E-state index in [4.69, 9.17) is 33.7 Å². The van der Waals surface area contributed by atoms with Gasteiger partial charge in [0.05, 0.1) is 10.6 Å². The Morgan fingerprint density at radius 1 is 1.03 bits per heavy atom. The fourth-order valence-electron chi connectivity index (χ4n) is 2.60. The summed E-state index contributed by atoms with van der Waals surface area (Å²) in [6, 6.07) is 15.3. The van der Waals surface area contributed by atoms with E-state index in [1.807, 2.05) is 18.2 Å². The molecule has 0 saturated heterocycles. The number of benzene rings is 2. The Labute approximate surface area is 177 Å². The summed E-state index contributed by atoms with van der Waals surface area (Å²) in [6.07, 6.45) is 2.05. The van der Waals surface area contributed by atoms with Gasteiger partial charge in [-0.2, -0.15) is 0 Å². The maximum Gasteiger partial charge on any atom is 0.267 e. The van der Waals surface area contributed by atoms with E-state index in [2.05, 4.69) is 10.3 Å². The molecule has 3 N–H and O–H groups in total. The molecule has 0 aliphatic rings. The SMILES string of the molecule is NC(=O)c1cc(Oc2cccc(CCNC(=O)c3ccc(Cl)cc3Cl)c2)ccn1. The molecule has 0 fully saturated rings. The highest BCUT2D eigenvalue weighted by atomic mass is 35.5. The van der Waals surface area contributed by atoms with Crippen molar-refractivity contribution in [3.8, 4) is 11.5 Å². The molecule has 8 heteroatoms. The van der Waals surface area contributed by atoms with Gasteiger partial charge in [0.15, 0.2) is 0 Å². The number of nitrogens with zero attached hydrogens (tertiary/aromatic N) is 1. The van der Waals surface area contributed by atoms with Gasteiger partial charge in [0, 0.05) is 23.8 Å². The summed E-state index contributed by atoms with van der Waals surface area (Å²) < 4.78 is 5.77. The van der Waals surface area contributed by atoms with Crippen molar-refractivity contribution in [2.45, 2.75) is 6.42 Å². The molecular weight excluding hydrogens is 413 g/mol. The lowest BCUT2D eigenvalue weighted by atomic mass is 10.1. The van der Waals surface area contributed by atoms with Gasteiger partial charge in [-0.1, -0.05) is 35.3 Å². The lowest BCUT2D eigenvalue weighted by molar-refractivity contribution is 0.0952. The highest BCUT2D eigenvalue weighted by Gasteiger charge is 2.10. The molecule has 3 aromatic rings. The quantitative estimate of drug-likeness (QED) is 0.586. The number of amides is 2. The van der Waals surface area contributed by atoms with Crippen molar-refractivity contribution in [3.63, 3.8) is 0 Å². The first-order chi connectivity index (χ1) is 13.9. The predicted molar refractivity (Wildman–Crippen MR) is 112 cm³/mol. The minimum Gasteiger partial charge on any atom is -0.457 e. The number of rotatable bonds is 7. The summed E-state index contributed by atoms with van der Waals surface area (Å²) in [7, 11) is 0. The van der Waals surface area contributed by atoms with E-state index < -0.39 is 5.91 Å². The van der Waals surface area contributed by atoms with Crippen LogP contribution in [0.5, 0.6) is 11.5 Å². The third kappa shape index (κ3) is 5.70. The van der Waals surface area contributed by atoms with Gasteiger partial charge in [0.1, 0.15) is 17.2 Å². The lowest BCUT2D eigenvalue weighted by Gasteiger charge is -2.09. The number of primary amides is 1. The Bertz CT molecular complexity index is 1060. The topological polar surface area (TPSA) is 94.3 Å². The van der Waals surface area contributed by atoms with Crippen LogP contribution < -0.4 is 15.8 Å². The van der Waals surface area contributed by atoms with Crippen molar-refractivity contribution in [1.82, 2.24) is 10.3 Å². The van der Waals surface area contributed by atoms with Crippen molar-refractivity contribution >= 4 is 35.0 Å². The van der Waals surface area contributed by atoms with Crippen LogP contribution >= 0.6 is 23.2 Å². The number of carbonyl (C=O) groups is 2.